The summed E-state index contributed by atoms with van der Waals surface area (Å²) < 4.78 is 5.61. The van der Waals surface area contributed by atoms with Crippen LogP contribution in [0.3, 0.4) is 0 Å². The third-order valence-corrected chi connectivity index (χ3v) is 4.89. The summed E-state index contributed by atoms with van der Waals surface area (Å²) in [4.78, 5) is 11.5. The van der Waals surface area contributed by atoms with Crippen molar-refractivity contribution in [2.24, 2.45) is 0 Å². The van der Waals surface area contributed by atoms with Gasteiger partial charge in [0.2, 0.25) is 5.95 Å². The van der Waals surface area contributed by atoms with Gasteiger partial charge in [0, 0.05) is 18.5 Å². The minimum absolute atomic E-state index is 0.224. The Balaban J connectivity index is 2.00. The maximum absolute atomic E-state index is 5.61. The normalized spacial score (nSPS) is 22.4. The second-order valence-electron chi connectivity index (χ2n) is 5.05. The summed E-state index contributed by atoms with van der Waals surface area (Å²) in [7, 11) is 1.85. The molecule has 2 aromatic heterocycles. The Morgan fingerprint density at radius 2 is 2.30 bits per heavy atom. The lowest BCUT2D eigenvalue weighted by molar-refractivity contribution is 0.121. The number of thiophene rings is 1. The van der Waals surface area contributed by atoms with Crippen LogP contribution in [0.25, 0.3) is 10.2 Å². The average molecular weight is 292 g/mol. The lowest BCUT2D eigenvalue weighted by Gasteiger charge is -2.17. The third kappa shape index (κ3) is 2.45. The zero-order chi connectivity index (χ0) is 14.1. The van der Waals surface area contributed by atoms with E-state index in [9.17, 15) is 0 Å². The Bertz CT molecular complexity index is 612. The van der Waals surface area contributed by atoms with Crippen LogP contribution in [0.15, 0.2) is 6.07 Å². The molecule has 20 heavy (non-hydrogen) atoms. The number of nitrogens with one attached hydrogen (secondary N) is 2. The van der Waals surface area contributed by atoms with Crippen LogP contribution >= 0.6 is 11.3 Å². The molecule has 0 radical (unpaired) electrons. The lowest BCUT2D eigenvalue weighted by Crippen LogP contribution is -2.27. The molecular weight excluding hydrogens is 272 g/mol. The molecule has 0 saturated carbocycles. The smallest absolute Gasteiger partial charge is 0.225 e. The first-order valence-corrected chi connectivity index (χ1v) is 7.89. The summed E-state index contributed by atoms with van der Waals surface area (Å²) in [6.07, 6.45) is 2.27. The van der Waals surface area contributed by atoms with E-state index < -0.39 is 0 Å². The molecule has 1 aliphatic heterocycles. The summed E-state index contributed by atoms with van der Waals surface area (Å²) in [5, 5.41) is 7.69. The van der Waals surface area contributed by atoms with Gasteiger partial charge < -0.3 is 15.4 Å². The Morgan fingerprint density at radius 1 is 1.45 bits per heavy atom. The zero-order valence-corrected chi connectivity index (χ0v) is 12.9. The largest absolute Gasteiger partial charge is 0.376 e. The van der Waals surface area contributed by atoms with E-state index >= 15 is 0 Å². The number of anilines is 2. The minimum atomic E-state index is 0.224. The number of rotatable bonds is 4. The molecule has 1 aliphatic rings. The van der Waals surface area contributed by atoms with E-state index in [1.165, 1.54) is 4.88 Å². The van der Waals surface area contributed by atoms with Crippen LogP contribution in [0.5, 0.6) is 0 Å². The van der Waals surface area contributed by atoms with Gasteiger partial charge in [0.05, 0.1) is 17.5 Å². The van der Waals surface area contributed by atoms with Crippen LogP contribution in [-0.2, 0) is 11.2 Å². The molecule has 3 rings (SSSR count). The molecule has 6 heteroatoms. The number of hydrogen-bond donors (Lipinski definition) is 2. The average Bonchev–Trinajstić information content (AvgIpc) is 3.05. The van der Waals surface area contributed by atoms with Crippen molar-refractivity contribution < 1.29 is 4.74 Å². The van der Waals surface area contributed by atoms with Crippen molar-refractivity contribution in [1.82, 2.24) is 9.97 Å². The van der Waals surface area contributed by atoms with E-state index in [1.54, 1.807) is 11.3 Å². The molecule has 1 saturated heterocycles. The predicted octanol–water partition coefficient (Wildman–Crippen LogP) is 2.88. The van der Waals surface area contributed by atoms with E-state index in [4.69, 9.17) is 4.74 Å². The molecule has 3 heterocycles. The second-order valence-corrected chi connectivity index (χ2v) is 6.16. The number of aromatic nitrogens is 2. The van der Waals surface area contributed by atoms with Crippen molar-refractivity contribution in [3.05, 3.63) is 10.9 Å². The molecule has 0 spiro atoms. The molecule has 0 amide bonds. The van der Waals surface area contributed by atoms with Gasteiger partial charge >= 0.3 is 0 Å². The molecule has 2 unspecified atom stereocenters. The Morgan fingerprint density at radius 3 is 2.95 bits per heavy atom. The fourth-order valence-corrected chi connectivity index (χ4v) is 3.43. The summed E-state index contributed by atoms with van der Waals surface area (Å²) in [5.74, 6) is 1.58. The predicted molar refractivity (Wildman–Crippen MR) is 83.8 cm³/mol. The first kappa shape index (κ1) is 13.6. The van der Waals surface area contributed by atoms with Gasteiger partial charge in [0.1, 0.15) is 10.6 Å². The summed E-state index contributed by atoms with van der Waals surface area (Å²) in [5.41, 5.74) is 0. The van der Waals surface area contributed by atoms with Crippen molar-refractivity contribution >= 4 is 33.3 Å². The van der Waals surface area contributed by atoms with Crippen molar-refractivity contribution in [2.45, 2.75) is 38.8 Å². The molecule has 0 aliphatic carbocycles. The standard InChI is InChI=1S/C14H20N4OS/c1-4-9-7-10-12(16-11-5-6-19-8(11)2)17-14(15-3)18-13(10)20-9/h7-8,11H,4-6H2,1-3H3,(H2,15,16,17,18). The molecule has 5 nitrogen and oxygen atoms in total. The van der Waals surface area contributed by atoms with Gasteiger partial charge in [-0.15, -0.1) is 11.3 Å². The third-order valence-electron chi connectivity index (χ3n) is 3.71. The fraction of sp³-hybridized carbons (Fsp3) is 0.571. The molecule has 108 valence electrons. The number of nitrogens with zero attached hydrogens (tertiary/aromatic N) is 2. The van der Waals surface area contributed by atoms with Crippen LogP contribution in [0, 0.1) is 0 Å². The van der Waals surface area contributed by atoms with E-state index in [0.29, 0.717) is 12.0 Å². The van der Waals surface area contributed by atoms with Crippen LogP contribution in [-0.4, -0.2) is 35.8 Å². The quantitative estimate of drug-likeness (QED) is 0.907. The highest BCUT2D eigenvalue weighted by Gasteiger charge is 2.25. The minimum Gasteiger partial charge on any atom is -0.376 e. The molecule has 0 bridgehead atoms. The van der Waals surface area contributed by atoms with Gasteiger partial charge in [-0.3, -0.25) is 0 Å². The van der Waals surface area contributed by atoms with Crippen molar-refractivity contribution in [1.29, 1.82) is 0 Å². The maximum atomic E-state index is 5.61. The number of fused-ring (bicyclic) bond motifs is 1. The van der Waals surface area contributed by atoms with Crippen LogP contribution in [0.4, 0.5) is 11.8 Å². The molecule has 0 aromatic carbocycles. The summed E-state index contributed by atoms with van der Waals surface area (Å²) in [6.45, 7) is 5.08. The monoisotopic (exact) mass is 292 g/mol. The van der Waals surface area contributed by atoms with Crippen LogP contribution < -0.4 is 10.6 Å². The van der Waals surface area contributed by atoms with Crippen molar-refractivity contribution in [2.75, 3.05) is 24.3 Å². The first-order chi connectivity index (χ1) is 9.71. The highest BCUT2D eigenvalue weighted by molar-refractivity contribution is 7.18. The highest BCUT2D eigenvalue weighted by Crippen LogP contribution is 2.31. The molecule has 1 fully saturated rings. The van der Waals surface area contributed by atoms with E-state index in [0.717, 1.165) is 35.5 Å². The van der Waals surface area contributed by atoms with Gasteiger partial charge in [0.15, 0.2) is 0 Å². The van der Waals surface area contributed by atoms with E-state index in [1.807, 2.05) is 7.05 Å². The SMILES string of the molecule is CCc1cc2c(NC3CCOC3C)nc(NC)nc2s1. The molecule has 2 atom stereocenters. The molecule has 2 N–H and O–H groups in total. The Labute approximate surface area is 122 Å². The van der Waals surface area contributed by atoms with E-state index in [-0.39, 0.29) is 6.10 Å². The highest BCUT2D eigenvalue weighted by atomic mass is 32.1. The van der Waals surface area contributed by atoms with Gasteiger partial charge in [-0.2, -0.15) is 4.98 Å². The van der Waals surface area contributed by atoms with Gasteiger partial charge in [-0.1, -0.05) is 6.92 Å². The maximum Gasteiger partial charge on any atom is 0.225 e. The van der Waals surface area contributed by atoms with E-state index in [2.05, 4.69) is 40.5 Å². The van der Waals surface area contributed by atoms with Crippen LogP contribution in [0.1, 0.15) is 25.1 Å². The van der Waals surface area contributed by atoms with Gasteiger partial charge in [-0.05, 0) is 25.8 Å². The first-order valence-electron chi connectivity index (χ1n) is 7.07. The van der Waals surface area contributed by atoms with Crippen molar-refractivity contribution in [3.8, 4) is 0 Å². The molecule has 2 aromatic rings. The fourth-order valence-electron chi connectivity index (χ4n) is 2.46. The summed E-state index contributed by atoms with van der Waals surface area (Å²) in [6, 6.07) is 2.52. The number of aryl methyl sites for hydroxylation is 1. The number of hydrogen-bond acceptors (Lipinski definition) is 6. The van der Waals surface area contributed by atoms with Crippen LogP contribution in [0.2, 0.25) is 0 Å². The number of ether oxygens (including phenoxy) is 1. The van der Waals surface area contributed by atoms with Gasteiger partial charge in [0.25, 0.3) is 0 Å². The lowest BCUT2D eigenvalue weighted by atomic mass is 10.1. The van der Waals surface area contributed by atoms with Gasteiger partial charge in [-0.25, -0.2) is 4.98 Å². The summed E-state index contributed by atoms with van der Waals surface area (Å²) >= 11 is 1.74. The Hall–Kier alpha value is -1.40. The zero-order valence-electron chi connectivity index (χ0n) is 12.1. The Kier molecular flexibility index (Phi) is 3.76. The molecular formula is C14H20N4OS. The van der Waals surface area contributed by atoms with Crippen molar-refractivity contribution in [3.63, 3.8) is 0 Å². The topological polar surface area (TPSA) is 59.1 Å². The second kappa shape index (κ2) is 5.54.